The molecule has 2 aromatic carbocycles. The Hall–Kier alpha value is -3.19. The van der Waals surface area contributed by atoms with E-state index in [-0.39, 0.29) is 17.5 Å². The predicted octanol–water partition coefficient (Wildman–Crippen LogP) is 3.51. The highest BCUT2D eigenvalue weighted by molar-refractivity contribution is 5.95. The minimum Gasteiger partial charge on any atom is -0.369 e. The van der Waals surface area contributed by atoms with Crippen LogP contribution in [-0.4, -0.2) is 58.6 Å². The Labute approximate surface area is 205 Å². The number of benzene rings is 2. The number of carbonyl (C=O) groups excluding carboxylic acids is 1. The molecule has 1 N–H and O–H groups in total. The minimum absolute atomic E-state index is 0.0900. The van der Waals surface area contributed by atoms with E-state index in [9.17, 15) is 9.59 Å². The summed E-state index contributed by atoms with van der Waals surface area (Å²) in [6.45, 7) is 8.46. The van der Waals surface area contributed by atoms with Crippen molar-refractivity contribution in [1.82, 2.24) is 19.8 Å². The lowest BCUT2D eigenvalue weighted by Crippen LogP contribution is -2.52. The fourth-order valence-electron chi connectivity index (χ4n) is 5.12. The van der Waals surface area contributed by atoms with Gasteiger partial charge in [0.25, 0.3) is 11.5 Å². The van der Waals surface area contributed by atoms with Gasteiger partial charge >= 0.3 is 0 Å². The van der Waals surface area contributed by atoms with Gasteiger partial charge < -0.3 is 10.2 Å². The zero-order valence-corrected chi connectivity index (χ0v) is 20.5. The van der Waals surface area contributed by atoms with Crippen LogP contribution in [0.2, 0.25) is 0 Å². The van der Waals surface area contributed by atoms with Gasteiger partial charge in [-0.3, -0.25) is 19.1 Å². The molecule has 0 radical (unpaired) electrons. The topological polar surface area (TPSA) is 70.5 Å². The van der Waals surface area contributed by atoms with Crippen LogP contribution in [0.25, 0.3) is 16.6 Å². The van der Waals surface area contributed by atoms with Crippen molar-refractivity contribution in [2.75, 3.05) is 31.1 Å². The molecule has 6 rings (SSSR count). The van der Waals surface area contributed by atoms with Crippen LogP contribution in [0.1, 0.15) is 48.5 Å². The molecule has 0 spiro atoms. The Morgan fingerprint density at radius 1 is 1.09 bits per heavy atom. The Balaban J connectivity index is 1.30. The van der Waals surface area contributed by atoms with E-state index < -0.39 is 0 Å². The molecular weight excluding hydrogens is 438 g/mol. The van der Waals surface area contributed by atoms with Crippen molar-refractivity contribution in [1.29, 1.82) is 0 Å². The van der Waals surface area contributed by atoms with Gasteiger partial charge in [-0.25, -0.2) is 4.98 Å². The maximum atomic E-state index is 13.6. The summed E-state index contributed by atoms with van der Waals surface area (Å²) in [5, 5.41) is 3.63. The summed E-state index contributed by atoms with van der Waals surface area (Å²) in [6.07, 6.45) is 6.41. The third-order valence-corrected chi connectivity index (χ3v) is 7.70. The summed E-state index contributed by atoms with van der Waals surface area (Å²) in [7, 11) is 0. The largest absolute Gasteiger partial charge is 0.369 e. The zero-order valence-electron chi connectivity index (χ0n) is 20.5. The fourth-order valence-corrected chi connectivity index (χ4v) is 5.12. The zero-order chi connectivity index (χ0) is 24.1. The summed E-state index contributed by atoms with van der Waals surface area (Å²) in [6, 6.07) is 12.3. The quantitative estimate of drug-likeness (QED) is 0.596. The molecule has 3 fully saturated rings. The first-order valence-corrected chi connectivity index (χ1v) is 12.9. The molecular formula is C28H33N5O2. The summed E-state index contributed by atoms with van der Waals surface area (Å²) >= 11 is 0. The number of rotatable bonds is 6. The molecule has 0 unspecified atom stereocenters. The second-order valence-electron chi connectivity index (χ2n) is 10.6. The van der Waals surface area contributed by atoms with Crippen LogP contribution in [0.5, 0.6) is 0 Å². The molecule has 7 heteroatoms. The monoisotopic (exact) mass is 471 g/mol. The Bertz CT molecular complexity index is 1340. The van der Waals surface area contributed by atoms with Crippen molar-refractivity contribution in [2.24, 2.45) is 5.92 Å². The molecule has 1 atom stereocenters. The lowest BCUT2D eigenvalue weighted by atomic mass is 10.1. The van der Waals surface area contributed by atoms with E-state index in [0.717, 1.165) is 49.6 Å². The summed E-state index contributed by atoms with van der Waals surface area (Å²) in [5.74, 6) is 0.809. The van der Waals surface area contributed by atoms with Gasteiger partial charge in [0, 0.05) is 49.5 Å². The Morgan fingerprint density at radius 3 is 2.66 bits per heavy atom. The normalized spacial score (nSPS) is 20.9. The van der Waals surface area contributed by atoms with Crippen LogP contribution in [0.4, 0.5) is 5.69 Å². The SMILES string of the molecule is Cc1ccc(C(=O)NC2CC2)cc1-n1cnc2ccc(N3CCN(CC4CC4)[C@H](C)C3)cc2c1=O. The number of aryl methyl sites for hydroxylation is 1. The lowest BCUT2D eigenvalue weighted by Gasteiger charge is -2.41. The highest BCUT2D eigenvalue weighted by Gasteiger charge is 2.30. The van der Waals surface area contributed by atoms with E-state index in [2.05, 4.69) is 33.1 Å². The second-order valence-corrected chi connectivity index (χ2v) is 10.6. The minimum atomic E-state index is -0.111. The van der Waals surface area contributed by atoms with Gasteiger partial charge in [0.1, 0.15) is 6.33 Å². The van der Waals surface area contributed by atoms with Gasteiger partial charge in [-0.2, -0.15) is 0 Å². The average Bonchev–Trinajstić information content (AvgIpc) is 3.78. The van der Waals surface area contributed by atoms with Crippen molar-refractivity contribution >= 4 is 22.5 Å². The molecule has 2 aliphatic carbocycles. The molecule has 1 aliphatic heterocycles. The number of anilines is 1. The van der Waals surface area contributed by atoms with Crippen molar-refractivity contribution in [3.8, 4) is 5.69 Å². The smallest absolute Gasteiger partial charge is 0.265 e. The Kier molecular flexibility index (Phi) is 5.60. The average molecular weight is 472 g/mol. The molecule has 0 bridgehead atoms. The Morgan fingerprint density at radius 2 is 1.91 bits per heavy atom. The summed E-state index contributed by atoms with van der Waals surface area (Å²) in [4.78, 5) is 35.8. The van der Waals surface area contributed by atoms with Gasteiger partial charge in [0.15, 0.2) is 0 Å². The number of piperazine rings is 1. The maximum absolute atomic E-state index is 13.6. The highest BCUT2D eigenvalue weighted by atomic mass is 16.2. The highest BCUT2D eigenvalue weighted by Crippen LogP contribution is 2.31. The summed E-state index contributed by atoms with van der Waals surface area (Å²) in [5.41, 5.74) is 3.84. The van der Waals surface area contributed by atoms with Crippen LogP contribution in [0.3, 0.4) is 0 Å². The molecule has 182 valence electrons. The van der Waals surface area contributed by atoms with Crippen LogP contribution >= 0.6 is 0 Å². The predicted molar refractivity (Wildman–Crippen MR) is 139 cm³/mol. The van der Waals surface area contributed by atoms with Crippen LogP contribution in [-0.2, 0) is 0 Å². The molecule has 1 saturated heterocycles. The van der Waals surface area contributed by atoms with Gasteiger partial charge in [0.2, 0.25) is 0 Å². The van der Waals surface area contributed by atoms with Gasteiger partial charge in [0.05, 0.1) is 16.6 Å². The molecule has 1 aromatic heterocycles. The lowest BCUT2D eigenvalue weighted by molar-refractivity contribution is 0.0951. The summed E-state index contributed by atoms with van der Waals surface area (Å²) < 4.78 is 1.57. The maximum Gasteiger partial charge on any atom is 0.265 e. The number of nitrogens with one attached hydrogen (secondary N) is 1. The molecule has 3 aliphatic rings. The molecule has 3 aromatic rings. The van der Waals surface area contributed by atoms with Gasteiger partial charge in [-0.05, 0) is 81.3 Å². The molecule has 7 nitrogen and oxygen atoms in total. The van der Waals surface area contributed by atoms with E-state index in [1.165, 1.54) is 19.4 Å². The molecule has 2 heterocycles. The number of aromatic nitrogens is 2. The first-order chi connectivity index (χ1) is 17.0. The van der Waals surface area contributed by atoms with Crippen LogP contribution in [0.15, 0.2) is 47.5 Å². The van der Waals surface area contributed by atoms with E-state index in [0.29, 0.717) is 28.2 Å². The van der Waals surface area contributed by atoms with Crippen LogP contribution < -0.4 is 15.8 Å². The number of fused-ring (bicyclic) bond motifs is 1. The van der Waals surface area contributed by atoms with E-state index in [1.807, 2.05) is 31.2 Å². The van der Waals surface area contributed by atoms with Crippen LogP contribution in [0, 0.1) is 12.8 Å². The van der Waals surface area contributed by atoms with Gasteiger partial charge in [-0.15, -0.1) is 0 Å². The fraction of sp³-hybridized carbons (Fsp3) is 0.464. The number of carbonyl (C=O) groups is 1. The van der Waals surface area contributed by atoms with Gasteiger partial charge in [-0.1, -0.05) is 6.07 Å². The van der Waals surface area contributed by atoms with Crippen molar-refractivity contribution in [3.63, 3.8) is 0 Å². The molecule has 2 saturated carbocycles. The first kappa shape index (κ1) is 22.3. The third-order valence-electron chi connectivity index (χ3n) is 7.70. The number of amides is 1. The molecule has 35 heavy (non-hydrogen) atoms. The number of hydrogen-bond acceptors (Lipinski definition) is 5. The first-order valence-electron chi connectivity index (χ1n) is 12.9. The second kappa shape index (κ2) is 8.79. The van der Waals surface area contributed by atoms with E-state index >= 15 is 0 Å². The molecule has 1 amide bonds. The van der Waals surface area contributed by atoms with E-state index in [1.54, 1.807) is 17.0 Å². The van der Waals surface area contributed by atoms with Crippen molar-refractivity contribution in [2.45, 2.75) is 51.6 Å². The standard InChI is InChI=1S/C28H33N5O2/c1-18-3-6-21(27(34)30-22-7-8-22)13-26(18)33-17-29-25-10-9-23(14-24(25)28(33)35)32-12-11-31(19(2)15-32)16-20-4-5-20/h3,6,9-10,13-14,17,19-20,22H,4-5,7-8,11-12,15-16H2,1-2H3,(H,30,34)/t19-/m1/s1. The number of nitrogens with zero attached hydrogens (tertiary/aromatic N) is 4. The van der Waals surface area contributed by atoms with Crippen molar-refractivity contribution in [3.05, 3.63) is 64.2 Å². The van der Waals surface area contributed by atoms with E-state index in [4.69, 9.17) is 0 Å². The third kappa shape index (κ3) is 4.57. The van der Waals surface area contributed by atoms with Crippen molar-refractivity contribution < 1.29 is 4.79 Å². The number of hydrogen-bond donors (Lipinski definition) is 1.